The Labute approximate surface area is 149 Å². The van der Waals surface area contributed by atoms with Gasteiger partial charge in [0.2, 0.25) is 10.0 Å². The standard InChI is InChI=1S/C19H23NO4S/c1-3-4-15-5-8-17(9-6-15)25(21,22)20(2)14-16-7-10-18-19(13-16)24-12-11-23-18/h5-10,13H,3-4,11-12,14H2,1-2H3. The third-order valence-electron chi connectivity index (χ3n) is 4.18. The lowest BCUT2D eigenvalue weighted by Gasteiger charge is -2.21. The summed E-state index contributed by atoms with van der Waals surface area (Å²) in [7, 11) is -1.94. The van der Waals surface area contributed by atoms with Gasteiger partial charge in [0.25, 0.3) is 0 Å². The van der Waals surface area contributed by atoms with E-state index < -0.39 is 10.0 Å². The molecule has 0 unspecified atom stereocenters. The zero-order valence-corrected chi connectivity index (χ0v) is 15.4. The van der Waals surface area contributed by atoms with Crippen LogP contribution in [-0.4, -0.2) is 33.0 Å². The molecule has 0 radical (unpaired) electrons. The maximum absolute atomic E-state index is 12.8. The molecule has 6 heteroatoms. The molecule has 1 aliphatic rings. The van der Waals surface area contributed by atoms with Crippen LogP contribution in [0, 0.1) is 0 Å². The van der Waals surface area contributed by atoms with Gasteiger partial charge in [0.1, 0.15) is 13.2 Å². The van der Waals surface area contributed by atoms with Crippen molar-refractivity contribution in [2.75, 3.05) is 20.3 Å². The molecule has 134 valence electrons. The maximum Gasteiger partial charge on any atom is 0.243 e. The van der Waals surface area contributed by atoms with E-state index in [0.717, 1.165) is 24.0 Å². The molecule has 0 aromatic heterocycles. The summed E-state index contributed by atoms with van der Waals surface area (Å²) >= 11 is 0. The molecule has 0 aliphatic carbocycles. The van der Waals surface area contributed by atoms with Gasteiger partial charge in [-0.15, -0.1) is 0 Å². The Bertz CT molecular complexity index is 831. The van der Waals surface area contributed by atoms with Crippen LogP contribution in [-0.2, 0) is 23.0 Å². The SMILES string of the molecule is CCCc1ccc(S(=O)(=O)N(C)Cc2ccc3c(c2)OCCO3)cc1. The van der Waals surface area contributed by atoms with Gasteiger partial charge in [-0.3, -0.25) is 0 Å². The van der Waals surface area contributed by atoms with E-state index in [0.29, 0.717) is 29.6 Å². The van der Waals surface area contributed by atoms with E-state index >= 15 is 0 Å². The molecule has 2 aromatic carbocycles. The van der Waals surface area contributed by atoms with Crippen LogP contribution in [0.3, 0.4) is 0 Å². The summed E-state index contributed by atoms with van der Waals surface area (Å²) in [6.07, 6.45) is 1.99. The quantitative estimate of drug-likeness (QED) is 0.793. The van der Waals surface area contributed by atoms with Gasteiger partial charge in [0, 0.05) is 13.6 Å². The van der Waals surface area contributed by atoms with Crippen molar-refractivity contribution < 1.29 is 17.9 Å². The van der Waals surface area contributed by atoms with Crippen LogP contribution in [0.4, 0.5) is 0 Å². The van der Waals surface area contributed by atoms with Crippen molar-refractivity contribution in [2.24, 2.45) is 0 Å². The normalized spacial score (nSPS) is 13.9. The van der Waals surface area contributed by atoms with Crippen molar-refractivity contribution in [1.82, 2.24) is 4.31 Å². The number of aryl methyl sites for hydroxylation is 1. The molecule has 0 saturated heterocycles. The van der Waals surface area contributed by atoms with Gasteiger partial charge in [-0.2, -0.15) is 4.31 Å². The number of rotatable bonds is 6. The average molecular weight is 361 g/mol. The van der Waals surface area contributed by atoms with Crippen molar-refractivity contribution in [3.05, 3.63) is 53.6 Å². The minimum Gasteiger partial charge on any atom is -0.486 e. The second kappa shape index (κ2) is 7.45. The Morgan fingerprint density at radius 3 is 2.28 bits per heavy atom. The molecule has 1 aliphatic heterocycles. The smallest absolute Gasteiger partial charge is 0.243 e. The van der Waals surface area contributed by atoms with Crippen molar-refractivity contribution in [2.45, 2.75) is 31.2 Å². The number of sulfonamides is 1. The summed E-state index contributed by atoms with van der Waals surface area (Å²) in [5.41, 5.74) is 2.01. The fourth-order valence-electron chi connectivity index (χ4n) is 2.82. The zero-order chi connectivity index (χ0) is 17.9. The Hall–Kier alpha value is -2.05. The lowest BCUT2D eigenvalue weighted by atomic mass is 10.1. The first-order valence-electron chi connectivity index (χ1n) is 8.44. The third-order valence-corrected chi connectivity index (χ3v) is 6.00. The molecule has 3 rings (SSSR count). The molecule has 0 bridgehead atoms. The van der Waals surface area contributed by atoms with E-state index in [-0.39, 0.29) is 6.54 Å². The molecule has 0 N–H and O–H groups in total. The first-order chi connectivity index (χ1) is 12.0. The second-order valence-electron chi connectivity index (χ2n) is 6.13. The lowest BCUT2D eigenvalue weighted by molar-refractivity contribution is 0.171. The number of ether oxygens (including phenoxy) is 2. The predicted octanol–water partition coefficient (Wildman–Crippen LogP) is 3.23. The molecule has 25 heavy (non-hydrogen) atoms. The average Bonchev–Trinajstić information content (AvgIpc) is 2.62. The topological polar surface area (TPSA) is 55.8 Å². The van der Waals surface area contributed by atoms with Crippen LogP contribution in [0.5, 0.6) is 11.5 Å². The predicted molar refractivity (Wildman–Crippen MR) is 96.5 cm³/mol. The van der Waals surface area contributed by atoms with Crippen LogP contribution in [0.25, 0.3) is 0 Å². The Morgan fingerprint density at radius 1 is 0.960 bits per heavy atom. The highest BCUT2D eigenvalue weighted by Gasteiger charge is 2.21. The first-order valence-corrected chi connectivity index (χ1v) is 9.88. The summed E-state index contributed by atoms with van der Waals surface area (Å²) in [6.45, 7) is 3.42. The second-order valence-corrected chi connectivity index (χ2v) is 8.18. The van der Waals surface area contributed by atoms with Gasteiger partial charge in [0.15, 0.2) is 11.5 Å². The van der Waals surface area contributed by atoms with Crippen LogP contribution >= 0.6 is 0 Å². The highest BCUT2D eigenvalue weighted by Crippen LogP contribution is 2.31. The molecule has 5 nitrogen and oxygen atoms in total. The van der Waals surface area contributed by atoms with E-state index in [1.807, 2.05) is 30.3 Å². The molecule has 0 atom stereocenters. The largest absolute Gasteiger partial charge is 0.486 e. The van der Waals surface area contributed by atoms with E-state index in [2.05, 4.69) is 6.92 Å². The van der Waals surface area contributed by atoms with Crippen LogP contribution < -0.4 is 9.47 Å². The highest BCUT2D eigenvalue weighted by molar-refractivity contribution is 7.89. The van der Waals surface area contributed by atoms with Gasteiger partial charge >= 0.3 is 0 Å². The molecule has 0 amide bonds. The highest BCUT2D eigenvalue weighted by atomic mass is 32.2. The molecule has 1 heterocycles. The summed E-state index contributed by atoms with van der Waals surface area (Å²) < 4.78 is 37.9. The van der Waals surface area contributed by atoms with E-state index in [1.165, 1.54) is 4.31 Å². The molecular formula is C19H23NO4S. The summed E-state index contributed by atoms with van der Waals surface area (Å²) in [6, 6.07) is 12.7. The number of benzene rings is 2. The van der Waals surface area contributed by atoms with Crippen molar-refractivity contribution in [3.63, 3.8) is 0 Å². The molecule has 0 spiro atoms. The molecule has 0 saturated carbocycles. The van der Waals surface area contributed by atoms with Crippen LogP contribution in [0.2, 0.25) is 0 Å². The summed E-state index contributed by atoms with van der Waals surface area (Å²) in [5.74, 6) is 1.37. The van der Waals surface area contributed by atoms with E-state index in [4.69, 9.17) is 9.47 Å². The van der Waals surface area contributed by atoms with Crippen LogP contribution in [0.15, 0.2) is 47.4 Å². The number of nitrogens with zero attached hydrogens (tertiary/aromatic N) is 1. The zero-order valence-electron chi connectivity index (χ0n) is 14.6. The van der Waals surface area contributed by atoms with Gasteiger partial charge in [-0.1, -0.05) is 31.5 Å². The first kappa shape index (κ1) is 17.8. The fraction of sp³-hybridized carbons (Fsp3) is 0.368. The lowest BCUT2D eigenvalue weighted by Crippen LogP contribution is -2.26. The van der Waals surface area contributed by atoms with Gasteiger partial charge < -0.3 is 9.47 Å². The number of hydrogen-bond acceptors (Lipinski definition) is 4. The maximum atomic E-state index is 12.8. The van der Waals surface area contributed by atoms with Gasteiger partial charge in [-0.25, -0.2) is 8.42 Å². The third kappa shape index (κ3) is 3.96. The number of fused-ring (bicyclic) bond motifs is 1. The van der Waals surface area contributed by atoms with Crippen molar-refractivity contribution in [1.29, 1.82) is 0 Å². The Balaban J connectivity index is 1.76. The molecular weight excluding hydrogens is 338 g/mol. The fourth-order valence-corrected chi connectivity index (χ4v) is 3.98. The minimum absolute atomic E-state index is 0.273. The van der Waals surface area contributed by atoms with Gasteiger partial charge in [0.05, 0.1) is 4.90 Å². The molecule has 2 aromatic rings. The van der Waals surface area contributed by atoms with E-state index in [1.54, 1.807) is 19.2 Å². The number of hydrogen-bond donors (Lipinski definition) is 0. The van der Waals surface area contributed by atoms with Gasteiger partial charge in [-0.05, 0) is 41.8 Å². The monoisotopic (exact) mass is 361 g/mol. The van der Waals surface area contributed by atoms with Crippen LogP contribution in [0.1, 0.15) is 24.5 Å². The van der Waals surface area contributed by atoms with Crippen molar-refractivity contribution >= 4 is 10.0 Å². The summed E-state index contributed by atoms with van der Waals surface area (Å²) in [4.78, 5) is 0.312. The minimum atomic E-state index is -3.53. The Morgan fingerprint density at radius 2 is 1.60 bits per heavy atom. The molecule has 0 fully saturated rings. The van der Waals surface area contributed by atoms with Crippen molar-refractivity contribution in [3.8, 4) is 11.5 Å². The van der Waals surface area contributed by atoms with E-state index in [9.17, 15) is 8.42 Å². The summed E-state index contributed by atoms with van der Waals surface area (Å²) in [5, 5.41) is 0. The Kier molecular flexibility index (Phi) is 5.30.